The van der Waals surface area contributed by atoms with Crippen molar-refractivity contribution >= 4 is 23.3 Å². The molecule has 0 spiro atoms. The molecule has 0 saturated carbocycles. The van der Waals surface area contributed by atoms with E-state index >= 15 is 0 Å². The molecule has 4 heteroatoms. The van der Waals surface area contributed by atoms with E-state index in [1.807, 2.05) is 7.05 Å². The Kier molecular flexibility index (Phi) is 3.24. The molecule has 1 aliphatic rings. The van der Waals surface area contributed by atoms with Crippen molar-refractivity contribution in [2.75, 3.05) is 18.6 Å². The Morgan fingerprint density at radius 3 is 3.15 bits per heavy atom. The van der Waals surface area contributed by atoms with Crippen LogP contribution in [-0.2, 0) is 0 Å². The molecule has 0 aliphatic carbocycles. The van der Waals surface area contributed by atoms with Crippen molar-refractivity contribution < 1.29 is 0 Å². The van der Waals surface area contributed by atoms with E-state index in [-0.39, 0.29) is 0 Å². The van der Waals surface area contributed by atoms with Crippen molar-refractivity contribution in [1.29, 1.82) is 0 Å². The molecule has 0 radical (unpaired) electrons. The number of thioether (sulfide) groups is 1. The van der Waals surface area contributed by atoms with Gasteiger partial charge in [-0.25, -0.2) is 0 Å². The summed E-state index contributed by atoms with van der Waals surface area (Å²) >= 11 is 3.60. The largest absolute Gasteiger partial charge is 0.311 e. The monoisotopic (exact) mass is 214 g/mol. The SMILES string of the molecule is CNC(c1ccsn1)C1CCSC1. The first-order valence-electron chi connectivity index (χ1n) is 4.57. The first-order chi connectivity index (χ1) is 6.42. The highest BCUT2D eigenvalue weighted by Crippen LogP contribution is 2.33. The van der Waals surface area contributed by atoms with E-state index in [9.17, 15) is 0 Å². The van der Waals surface area contributed by atoms with Gasteiger partial charge in [-0.05, 0) is 48.5 Å². The fourth-order valence-corrected chi connectivity index (χ4v) is 3.68. The standard InChI is InChI=1S/C9H14N2S2/c1-10-9(7-2-4-12-6-7)8-3-5-13-11-8/h3,5,7,9-10H,2,4,6H2,1H3. The van der Waals surface area contributed by atoms with Crippen molar-refractivity contribution in [3.8, 4) is 0 Å². The molecular weight excluding hydrogens is 200 g/mol. The molecule has 1 aromatic rings. The summed E-state index contributed by atoms with van der Waals surface area (Å²) in [6, 6.07) is 2.61. The predicted molar refractivity (Wildman–Crippen MR) is 59.3 cm³/mol. The van der Waals surface area contributed by atoms with Gasteiger partial charge in [-0.3, -0.25) is 0 Å². The van der Waals surface area contributed by atoms with Crippen LogP contribution in [0.5, 0.6) is 0 Å². The zero-order chi connectivity index (χ0) is 9.10. The molecule has 13 heavy (non-hydrogen) atoms. The molecule has 1 aliphatic heterocycles. The molecule has 2 nitrogen and oxygen atoms in total. The van der Waals surface area contributed by atoms with Gasteiger partial charge in [-0.15, -0.1) is 0 Å². The Hall–Kier alpha value is -0.0600. The fourth-order valence-electron chi connectivity index (χ4n) is 1.82. The number of nitrogens with zero attached hydrogens (tertiary/aromatic N) is 1. The van der Waals surface area contributed by atoms with Crippen LogP contribution in [0, 0.1) is 5.92 Å². The number of aromatic nitrogens is 1. The number of hydrogen-bond donors (Lipinski definition) is 1. The summed E-state index contributed by atoms with van der Waals surface area (Å²) in [5, 5.41) is 5.43. The van der Waals surface area contributed by atoms with E-state index in [0.29, 0.717) is 6.04 Å². The first-order valence-corrected chi connectivity index (χ1v) is 6.56. The maximum absolute atomic E-state index is 4.40. The van der Waals surface area contributed by atoms with Crippen molar-refractivity contribution in [3.05, 3.63) is 17.1 Å². The van der Waals surface area contributed by atoms with Crippen molar-refractivity contribution in [2.45, 2.75) is 12.5 Å². The number of rotatable bonds is 3. The van der Waals surface area contributed by atoms with E-state index in [1.54, 1.807) is 11.5 Å². The van der Waals surface area contributed by atoms with Crippen LogP contribution in [-0.4, -0.2) is 22.9 Å². The topological polar surface area (TPSA) is 24.9 Å². The molecule has 1 aromatic heterocycles. The van der Waals surface area contributed by atoms with Gasteiger partial charge in [0.15, 0.2) is 0 Å². The van der Waals surface area contributed by atoms with E-state index in [1.165, 1.54) is 23.6 Å². The molecule has 2 heterocycles. The van der Waals surface area contributed by atoms with Crippen LogP contribution in [0.15, 0.2) is 11.4 Å². The van der Waals surface area contributed by atoms with Crippen LogP contribution in [0.4, 0.5) is 0 Å². The molecule has 2 atom stereocenters. The quantitative estimate of drug-likeness (QED) is 0.834. The van der Waals surface area contributed by atoms with Crippen molar-refractivity contribution in [3.63, 3.8) is 0 Å². The second-order valence-corrected chi connectivity index (χ2v) is 5.13. The lowest BCUT2D eigenvalue weighted by atomic mass is 9.97. The van der Waals surface area contributed by atoms with Crippen LogP contribution in [0.2, 0.25) is 0 Å². The predicted octanol–water partition coefficient (Wildman–Crippen LogP) is 2.16. The van der Waals surface area contributed by atoms with Crippen LogP contribution < -0.4 is 5.32 Å². The summed E-state index contributed by atoms with van der Waals surface area (Å²) in [5.74, 6) is 3.37. The van der Waals surface area contributed by atoms with Gasteiger partial charge in [0.1, 0.15) is 0 Å². The molecule has 0 amide bonds. The molecule has 2 unspecified atom stereocenters. The minimum Gasteiger partial charge on any atom is -0.311 e. The van der Waals surface area contributed by atoms with Crippen LogP contribution in [0.3, 0.4) is 0 Å². The summed E-state index contributed by atoms with van der Waals surface area (Å²) in [5.41, 5.74) is 1.22. The average Bonchev–Trinajstić information content (AvgIpc) is 2.76. The van der Waals surface area contributed by atoms with Gasteiger partial charge in [-0.1, -0.05) is 0 Å². The van der Waals surface area contributed by atoms with Gasteiger partial charge >= 0.3 is 0 Å². The van der Waals surface area contributed by atoms with Gasteiger partial charge in [0.2, 0.25) is 0 Å². The number of nitrogens with one attached hydrogen (secondary N) is 1. The van der Waals surface area contributed by atoms with E-state index < -0.39 is 0 Å². The Bertz CT molecular complexity index is 242. The maximum atomic E-state index is 4.40. The van der Waals surface area contributed by atoms with Gasteiger partial charge in [0, 0.05) is 5.38 Å². The summed E-state index contributed by atoms with van der Waals surface area (Å²) in [7, 11) is 2.03. The molecule has 72 valence electrons. The molecule has 0 bridgehead atoms. The molecule has 2 rings (SSSR count). The van der Waals surface area contributed by atoms with Crippen LogP contribution >= 0.6 is 23.3 Å². The Morgan fingerprint density at radius 2 is 2.62 bits per heavy atom. The minimum atomic E-state index is 0.473. The molecule has 0 aromatic carbocycles. The Morgan fingerprint density at radius 1 is 1.69 bits per heavy atom. The molecule has 1 fully saturated rings. The highest BCUT2D eigenvalue weighted by atomic mass is 32.2. The summed E-state index contributed by atoms with van der Waals surface area (Å²) < 4.78 is 4.40. The van der Waals surface area contributed by atoms with Crippen LogP contribution in [0.1, 0.15) is 18.2 Å². The van der Waals surface area contributed by atoms with Crippen molar-refractivity contribution in [1.82, 2.24) is 9.69 Å². The second-order valence-electron chi connectivity index (χ2n) is 3.31. The zero-order valence-electron chi connectivity index (χ0n) is 7.69. The smallest absolute Gasteiger partial charge is 0.0714 e. The third kappa shape index (κ3) is 2.06. The van der Waals surface area contributed by atoms with Gasteiger partial charge in [-0.2, -0.15) is 16.1 Å². The van der Waals surface area contributed by atoms with E-state index in [0.717, 1.165) is 5.92 Å². The minimum absolute atomic E-state index is 0.473. The summed E-state index contributed by atoms with van der Waals surface area (Å²) in [6.45, 7) is 0. The maximum Gasteiger partial charge on any atom is 0.0714 e. The Balaban J connectivity index is 2.08. The van der Waals surface area contributed by atoms with Gasteiger partial charge < -0.3 is 5.32 Å². The third-order valence-electron chi connectivity index (χ3n) is 2.52. The highest BCUT2D eigenvalue weighted by Gasteiger charge is 2.26. The second kappa shape index (κ2) is 4.44. The molecular formula is C9H14N2S2. The number of hydrogen-bond acceptors (Lipinski definition) is 4. The zero-order valence-corrected chi connectivity index (χ0v) is 9.33. The van der Waals surface area contributed by atoms with E-state index in [2.05, 4.69) is 32.9 Å². The lowest BCUT2D eigenvalue weighted by molar-refractivity contribution is 0.414. The molecule has 1 saturated heterocycles. The lowest BCUT2D eigenvalue weighted by Gasteiger charge is -2.19. The highest BCUT2D eigenvalue weighted by molar-refractivity contribution is 7.99. The lowest BCUT2D eigenvalue weighted by Crippen LogP contribution is -2.25. The van der Waals surface area contributed by atoms with Crippen LogP contribution in [0.25, 0.3) is 0 Å². The van der Waals surface area contributed by atoms with Gasteiger partial charge in [0.25, 0.3) is 0 Å². The average molecular weight is 214 g/mol. The first kappa shape index (κ1) is 9.49. The normalized spacial score (nSPS) is 24.8. The Labute approximate surface area is 87.3 Å². The fraction of sp³-hybridized carbons (Fsp3) is 0.667. The summed E-state index contributed by atoms with van der Waals surface area (Å²) in [6.07, 6.45) is 1.33. The van der Waals surface area contributed by atoms with E-state index in [4.69, 9.17) is 0 Å². The molecule has 1 N–H and O–H groups in total. The van der Waals surface area contributed by atoms with Crippen molar-refractivity contribution in [2.24, 2.45) is 5.92 Å². The van der Waals surface area contributed by atoms with Gasteiger partial charge in [0.05, 0.1) is 11.7 Å². The summed E-state index contributed by atoms with van der Waals surface area (Å²) in [4.78, 5) is 0. The third-order valence-corrected chi connectivity index (χ3v) is 4.29.